The van der Waals surface area contributed by atoms with Crippen LogP contribution in [0, 0.1) is 22.7 Å². The summed E-state index contributed by atoms with van der Waals surface area (Å²) >= 11 is 0. The molecule has 4 atom stereocenters. The third kappa shape index (κ3) is 7.31. The van der Waals surface area contributed by atoms with E-state index < -0.39 is 24.3 Å². The van der Waals surface area contributed by atoms with Crippen molar-refractivity contribution in [2.24, 2.45) is 0 Å². The van der Waals surface area contributed by atoms with Gasteiger partial charge in [0.15, 0.2) is 0 Å². The molecule has 1 fully saturated rings. The number of nitrogens with zero attached hydrogens (tertiary/aromatic N) is 4. The summed E-state index contributed by atoms with van der Waals surface area (Å²) < 4.78 is 0. The van der Waals surface area contributed by atoms with Crippen LogP contribution in [0.5, 0.6) is 0 Å². The molecular formula is C29H36N4O3. The molecule has 0 radical (unpaired) electrons. The van der Waals surface area contributed by atoms with Crippen LogP contribution in [0.15, 0.2) is 60.7 Å². The number of hydrogen-bond acceptors (Lipinski definition) is 5. The number of urea groups is 1. The van der Waals surface area contributed by atoms with Crippen molar-refractivity contribution in [3.63, 3.8) is 0 Å². The van der Waals surface area contributed by atoms with E-state index in [0.717, 1.165) is 11.1 Å². The van der Waals surface area contributed by atoms with Gasteiger partial charge in [0, 0.05) is 25.9 Å². The number of carbonyl (C=O) groups is 1. The zero-order chi connectivity index (χ0) is 25.8. The first kappa shape index (κ1) is 27.2. The van der Waals surface area contributed by atoms with Crippen LogP contribution in [-0.4, -0.2) is 63.4 Å². The molecule has 0 unspecified atom stereocenters. The van der Waals surface area contributed by atoms with Crippen LogP contribution in [-0.2, 0) is 12.8 Å². The van der Waals surface area contributed by atoms with E-state index in [1.54, 1.807) is 9.80 Å². The maximum Gasteiger partial charge on any atom is 0.320 e. The molecule has 1 aliphatic heterocycles. The van der Waals surface area contributed by atoms with Crippen molar-refractivity contribution in [3.8, 4) is 12.1 Å². The van der Waals surface area contributed by atoms with Crippen LogP contribution in [0.1, 0.15) is 49.7 Å². The minimum absolute atomic E-state index is 0.207. The van der Waals surface area contributed by atoms with Crippen LogP contribution in [0.25, 0.3) is 0 Å². The van der Waals surface area contributed by atoms with E-state index in [9.17, 15) is 15.0 Å². The number of hydrogen-bond donors (Lipinski definition) is 2. The van der Waals surface area contributed by atoms with Gasteiger partial charge in [0.1, 0.15) is 12.2 Å². The van der Waals surface area contributed by atoms with E-state index in [2.05, 4.69) is 12.1 Å². The van der Waals surface area contributed by atoms with Crippen molar-refractivity contribution in [2.45, 2.75) is 75.7 Å². The quantitative estimate of drug-likeness (QED) is 0.438. The zero-order valence-electron chi connectivity index (χ0n) is 20.7. The molecule has 190 valence electrons. The summed E-state index contributed by atoms with van der Waals surface area (Å²) in [6.45, 7) is 0.795. The minimum Gasteiger partial charge on any atom is -0.388 e. The number of carbonyl (C=O) groups excluding carboxylic acids is 1. The molecule has 0 saturated carbocycles. The molecule has 1 aliphatic rings. The maximum atomic E-state index is 14.1. The second-order valence-corrected chi connectivity index (χ2v) is 9.40. The summed E-state index contributed by atoms with van der Waals surface area (Å²) in [5.41, 5.74) is 1.95. The van der Waals surface area contributed by atoms with E-state index >= 15 is 0 Å². The lowest BCUT2D eigenvalue weighted by atomic mass is 9.91. The Balaban J connectivity index is 1.95. The van der Waals surface area contributed by atoms with Gasteiger partial charge >= 0.3 is 6.03 Å². The van der Waals surface area contributed by atoms with Crippen LogP contribution in [0.2, 0.25) is 0 Å². The van der Waals surface area contributed by atoms with Gasteiger partial charge < -0.3 is 20.0 Å². The van der Waals surface area contributed by atoms with Crippen LogP contribution in [0.4, 0.5) is 4.79 Å². The fraction of sp³-hybridized carbons (Fsp3) is 0.483. The van der Waals surface area contributed by atoms with Gasteiger partial charge in [-0.3, -0.25) is 0 Å². The molecule has 36 heavy (non-hydrogen) atoms. The van der Waals surface area contributed by atoms with Crippen molar-refractivity contribution in [2.75, 3.05) is 13.1 Å². The number of aliphatic hydroxyl groups is 2. The molecule has 1 saturated heterocycles. The van der Waals surface area contributed by atoms with E-state index in [-0.39, 0.29) is 6.03 Å². The summed E-state index contributed by atoms with van der Waals surface area (Å²) in [6, 6.07) is 22.3. The third-order valence-electron chi connectivity index (χ3n) is 6.88. The number of benzene rings is 2. The number of rotatable bonds is 12. The Labute approximate surface area is 214 Å². The minimum atomic E-state index is -1.14. The average Bonchev–Trinajstić information content (AvgIpc) is 2.96. The summed E-state index contributed by atoms with van der Waals surface area (Å²) in [6.07, 6.45) is 1.98. The van der Waals surface area contributed by atoms with Crippen LogP contribution in [0.3, 0.4) is 0 Å². The van der Waals surface area contributed by atoms with Crippen molar-refractivity contribution < 1.29 is 15.0 Å². The van der Waals surface area contributed by atoms with E-state index in [1.165, 1.54) is 0 Å². The van der Waals surface area contributed by atoms with Gasteiger partial charge in [-0.25, -0.2) is 4.79 Å². The third-order valence-corrected chi connectivity index (χ3v) is 6.88. The zero-order valence-corrected chi connectivity index (χ0v) is 20.7. The lowest BCUT2D eigenvalue weighted by Gasteiger charge is -2.35. The monoisotopic (exact) mass is 488 g/mol. The van der Waals surface area contributed by atoms with Crippen molar-refractivity contribution >= 4 is 6.03 Å². The number of aliphatic hydroxyl groups excluding tert-OH is 2. The van der Waals surface area contributed by atoms with Crippen molar-refractivity contribution in [1.29, 1.82) is 10.5 Å². The molecule has 7 heteroatoms. The second-order valence-electron chi connectivity index (χ2n) is 9.40. The lowest BCUT2D eigenvalue weighted by Crippen LogP contribution is -2.51. The SMILES string of the molecule is N#CCCCCN1C(=O)N(CCCCC#N)[C@H](Cc2ccccc2)[C@H](O)[C@@H](O)[C@H]1Cc1ccccc1. The predicted octanol–water partition coefficient (Wildman–Crippen LogP) is 4.06. The molecule has 3 rings (SSSR count). The first-order valence-corrected chi connectivity index (χ1v) is 12.8. The van der Waals surface area contributed by atoms with Gasteiger partial charge in [0.2, 0.25) is 0 Å². The highest BCUT2D eigenvalue weighted by Crippen LogP contribution is 2.28. The van der Waals surface area contributed by atoms with E-state index in [0.29, 0.717) is 64.5 Å². The van der Waals surface area contributed by atoms with E-state index in [1.807, 2.05) is 60.7 Å². The highest BCUT2D eigenvalue weighted by atomic mass is 16.3. The molecule has 1 heterocycles. The van der Waals surface area contributed by atoms with Crippen LogP contribution >= 0.6 is 0 Å². The van der Waals surface area contributed by atoms with Crippen molar-refractivity contribution in [1.82, 2.24) is 9.80 Å². The Bertz CT molecular complexity index is 937. The Hall–Kier alpha value is -3.39. The Morgan fingerprint density at radius 2 is 1.06 bits per heavy atom. The molecule has 0 aliphatic carbocycles. The van der Waals surface area contributed by atoms with Gasteiger partial charge in [0.05, 0.1) is 24.2 Å². The summed E-state index contributed by atoms with van der Waals surface area (Å²) in [7, 11) is 0. The predicted molar refractivity (Wildman–Crippen MR) is 138 cm³/mol. The summed E-state index contributed by atoms with van der Waals surface area (Å²) in [4.78, 5) is 17.5. The van der Waals surface area contributed by atoms with Crippen molar-refractivity contribution in [3.05, 3.63) is 71.8 Å². The topological polar surface area (TPSA) is 112 Å². The van der Waals surface area contributed by atoms with Gasteiger partial charge in [-0.15, -0.1) is 0 Å². The maximum absolute atomic E-state index is 14.1. The molecule has 7 nitrogen and oxygen atoms in total. The fourth-order valence-corrected chi connectivity index (χ4v) is 4.94. The first-order chi connectivity index (χ1) is 17.6. The number of nitriles is 2. The average molecular weight is 489 g/mol. The van der Waals surface area contributed by atoms with Gasteiger partial charge in [-0.1, -0.05) is 60.7 Å². The number of amides is 2. The smallest absolute Gasteiger partial charge is 0.320 e. The molecule has 2 aromatic carbocycles. The second kappa shape index (κ2) is 14.2. The summed E-state index contributed by atoms with van der Waals surface area (Å²) in [5, 5.41) is 40.9. The first-order valence-electron chi connectivity index (χ1n) is 12.8. The molecule has 0 spiro atoms. The fourth-order valence-electron chi connectivity index (χ4n) is 4.94. The highest BCUT2D eigenvalue weighted by Gasteiger charge is 2.45. The van der Waals surface area contributed by atoms with Gasteiger partial charge in [0.25, 0.3) is 0 Å². The molecule has 2 amide bonds. The van der Waals surface area contributed by atoms with Crippen LogP contribution < -0.4 is 0 Å². The van der Waals surface area contributed by atoms with Gasteiger partial charge in [-0.2, -0.15) is 10.5 Å². The van der Waals surface area contributed by atoms with Gasteiger partial charge in [-0.05, 0) is 49.7 Å². The highest BCUT2D eigenvalue weighted by molar-refractivity contribution is 5.76. The molecule has 0 bridgehead atoms. The summed E-state index contributed by atoms with van der Waals surface area (Å²) in [5.74, 6) is 0. The lowest BCUT2D eigenvalue weighted by molar-refractivity contribution is -0.0396. The Kier molecular flexibility index (Phi) is 10.8. The molecule has 2 aromatic rings. The number of unbranched alkanes of at least 4 members (excludes halogenated alkanes) is 4. The molecular weight excluding hydrogens is 452 g/mol. The standard InChI is InChI=1S/C29H36N4O3/c30-17-9-3-11-19-32-25(21-23-13-5-1-6-14-23)27(34)28(35)26(22-24-15-7-2-8-16-24)33(29(32)36)20-12-4-10-18-31/h1-2,5-8,13-16,25-28,34-35H,3-4,9-12,19-22H2/t25-,26-,27+,28+/m1/s1. The Morgan fingerprint density at radius 3 is 1.42 bits per heavy atom. The molecule has 2 N–H and O–H groups in total. The normalized spacial score (nSPS) is 22.1. The molecule has 0 aromatic heterocycles. The Morgan fingerprint density at radius 1 is 0.667 bits per heavy atom. The van der Waals surface area contributed by atoms with E-state index in [4.69, 9.17) is 10.5 Å². The largest absolute Gasteiger partial charge is 0.388 e.